The van der Waals surface area contributed by atoms with E-state index in [0.29, 0.717) is 6.42 Å². The minimum absolute atomic E-state index is 0.158. The first-order valence-electron chi connectivity index (χ1n) is 5.89. The lowest BCUT2D eigenvalue weighted by molar-refractivity contribution is -0.107. The number of ether oxygens (including phenoxy) is 1. The highest BCUT2D eigenvalue weighted by molar-refractivity contribution is 5.52. The van der Waals surface area contributed by atoms with Crippen LogP contribution in [0.5, 0.6) is 0 Å². The number of aldehydes is 1. The molecule has 1 N–H and O–H groups in total. The molecule has 1 aliphatic heterocycles. The minimum atomic E-state index is -0.388. The van der Waals surface area contributed by atoms with Gasteiger partial charge in [-0.05, 0) is 19.8 Å². The van der Waals surface area contributed by atoms with Gasteiger partial charge >= 0.3 is 0 Å². The first kappa shape index (κ1) is 11.8. The Morgan fingerprint density at radius 3 is 2.75 bits per heavy atom. The van der Waals surface area contributed by atoms with Crippen LogP contribution in [0.3, 0.4) is 0 Å². The SMILES string of the molecule is CC12CCC(O)C(C)(C)C1(/C=C/CC=O)O2. The molecule has 0 radical (unpaired) electrons. The van der Waals surface area contributed by atoms with Gasteiger partial charge in [0.2, 0.25) is 0 Å². The Morgan fingerprint density at radius 1 is 1.44 bits per heavy atom. The highest BCUT2D eigenvalue weighted by atomic mass is 16.6. The van der Waals surface area contributed by atoms with Crippen molar-refractivity contribution < 1.29 is 14.6 Å². The van der Waals surface area contributed by atoms with E-state index in [1.807, 2.05) is 26.0 Å². The van der Waals surface area contributed by atoms with Gasteiger partial charge in [-0.3, -0.25) is 0 Å². The monoisotopic (exact) mass is 224 g/mol. The molecule has 0 aromatic rings. The molecule has 2 aliphatic rings. The van der Waals surface area contributed by atoms with Crippen molar-refractivity contribution in [3.8, 4) is 0 Å². The van der Waals surface area contributed by atoms with Crippen LogP contribution in [0, 0.1) is 5.41 Å². The zero-order chi connectivity index (χ0) is 12.0. The summed E-state index contributed by atoms with van der Waals surface area (Å²) in [6.45, 7) is 6.16. The maximum atomic E-state index is 10.3. The average molecular weight is 224 g/mol. The van der Waals surface area contributed by atoms with Gasteiger partial charge in [-0.25, -0.2) is 0 Å². The van der Waals surface area contributed by atoms with E-state index in [-0.39, 0.29) is 22.7 Å². The molecule has 1 saturated carbocycles. The van der Waals surface area contributed by atoms with Gasteiger partial charge < -0.3 is 14.6 Å². The third-order valence-electron chi connectivity index (χ3n) is 4.40. The zero-order valence-electron chi connectivity index (χ0n) is 10.2. The van der Waals surface area contributed by atoms with E-state index in [2.05, 4.69) is 6.92 Å². The number of fused-ring (bicyclic) bond motifs is 1. The van der Waals surface area contributed by atoms with Gasteiger partial charge in [-0.2, -0.15) is 0 Å². The predicted molar refractivity (Wildman–Crippen MR) is 61.1 cm³/mol. The van der Waals surface area contributed by atoms with Gasteiger partial charge in [0.25, 0.3) is 0 Å². The summed E-state index contributed by atoms with van der Waals surface area (Å²) < 4.78 is 5.92. The Kier molecular flexibility index (Phi) is 2.52. The summed E-state index contributed by atoms with van der Waals surface area (Å²) in [6, 6.07) is 0. The maximum absolute atomic E-state index is 10.3. The smallest absolute Gasteiger partial charge is 0.123 e. The highest BCUT2D eigenvalue weighted by Gasteiger charge is 2.75. The quantitative estimate of drug-likeness (QED) is 0.452. The fourth-order valence-corrected chi connectivity index (χ4v) is 3.11. The number of aliphatic hydroxyl groups excluding tert-OH is 1. The third-order valence-corrected chi connectivity index (χ3v) is 4.40. The third kappa shape index (κ3) is 1.31. The van der Waals surface area contributed by atoms with Gasteiger partial charge in [-0.1, -0.05) is 26.0 Å². The van der Waals surface area contributed by atoms with Crippen molar-refractivity contribution in [3.05, 3.63) is 12.2 Å². The molecule has 16 heavy (non-hydrogen) atoms. The summed E-state index contributed by atoms with van der Waals surface area (Å²) in [5.41, 5.74) is -0.838. The van der Waals surface area contributed by atoms with E-state index < -0.39 is 0 Å². The summed E-state index contributed by atoms with van der Waals surface area (Å²) in [7, 11) is 0. The van der Waals surface area contributed by atoms with E-state index >= 15 is 0 Å². The van der Waals surface area contributed by atoms with Crippen molar-refractivity contribution in [3.63, 3.8) is 0 Å². The molecule has 3 nitrogen and oxygen atoms in total. The molecule has 0 bridgehead atoms. The fourth-order valence-electron chi connectivity index (χ4n) is 3.11. The van der Waals surface area contributed by atoms with Crippen LogP contribution in [-0.4, -0.2) is 28.7 Å². The van der Waals surface area contributed by atoms with Crippen molar-refractivity contribution in [1.82, 2.24) is 0 Å². The Bertz CT molecular complexity index is 334. The summed E-state index contributed by atoms with van der Waals surface area (Å²) in [5.74, 6) is 0. The number of carbonyl (C=O) groups excluding carboxylic acids is 1. The molecule has 3 unspecified atom stereocenters. The van der Waals surface area contributed by atoms with E-state index in [1.54, 1.807) is 0 Å². The summed E-state index contributed by atoms with van der Waals surface area (Å²) in [6.07, 6.45) is 6.42. The normalized spacial score (nSPS) is 45.4. The molecular formula is C13H20O3. The summed E-state index contributed by atoms with van der Waals surface area (Å²) >= 11 is 0. The maximum Gasteiger partial charge on any atom is 0.123 e. The Morgan fingerprint density at radius 2 is 2.12 bits per heavy atom. The lowest BCUT2D eigenvalue weighted by atomic mass is 9.62. The number of allylic oxidation sites excluding steroid dienone is 1. The molecule has 0 aromatic heterocycles. The zero-order valence-corrected chi connectivity index (χ0v) is 10.2. The van der Waals surface area contributed by atoms with Crippen molar-refractivity contribution >= 4 is 6.29 Å². The van der Waals surface area contributed by atoms with Crippen LogP contribution in [0.15, 0.2) is 12.2 Å². The molecule has 0 aromatic carbocycles. The highest BCUT2D eigenvalue weighted by Crippen LogP contribution is 2.65. The number of epoxide rings is 1. The largest absolute Gasteiger partial charge is 0.392 e. The van der Waals surface area contributed by atoms with Crippen LogP contribution in [0.4, 0.5) is 0 Å². The van der Waals surface area contributed by atoms with Crippen LogP contribution >= 0.6 is 0 Å². The topological polar surface area (TPSA) is 49.8 Å². The minimum Gasteiger partial charge on any atom is -0.392 e. The van der Waals surface area contributed by atoms with Crippen molar-refractivity contribution in [2.24, 2.45) is 5.41 Å². The first-order valence-corrected chi connectivity index (χ1v) is 5.89. The molecular weight excluding hydrogens is 204 g/mol. The molecule has 90 valence electrons. The van der Waals surface area contributed by atoms with Gasteiger partial charge in [0.1, 0.15) is 11.9 Å². The van der Waals surface area contributed by atoms with Gasteiger partial charge in [0.05, 0.1) is 11.7 Å². The number of aliphatic hydroxyl groups is 1. The Balaban J connectivity index is 2.27. The number of rotatable bonds is 3. The lowest BCUT2D eigenvalue weighted by Gasteiger charge is -2.40. The van der Waals surface area contributed by atoms with Crippen molar-refractivity contribution in [2.45, 2.75) is 57.3 Å². The van der Waals surface area contributed by atoms with E-state index in [1.165, 1.54) is 0 Å². The molecule has 3 heteroatoms. The van der Waals surface area contributed by atoms with E-state index in [4.69, 9.17) is 4.74 Å². The van der Waals surface area contributed by atoms with Crippen molar-refractivity contribution in [1.29, 1.82) is 0 Å². The predicted octanol–water partition coefficient (Wildman–Crippen LogP) is 1.84. The average Bonchev–Trinajstić information content (AvgIpc) is 2.83. The van der Waals surface area contributed by atoms with Crippen LogP contribution in [0.25, 0.3) is 0 Å². The van der Waals surface area contributed by atoms with Crippen LogP contribution in [0.2, 0.25) is 0 Å². The number of hydrogen-bond donors (Lipinski definition) is 1. The number of carbonyl (C=O) groups is 1. The van der Waals surface area contributed by atoms with Gasteiger partial charge in [0.15, 0.2) is 0 Å². The molecule has 2 rings (SSSR count). The molecule has 1 saturated heterocycles. The Hall–Kier alpha value is -0.670. The number of hydrogen-bond acceptors (Lipinski definition) is 3. The first-order chi connectivity index (χ1) is 7.40. The van der Waals surface area contributed by atoms with Gasteiger partial charge in [-0.15, -0.1) is 0 Å². The molecule has 1 aliphatic carbocycles. The molecule has 3 atom stereocenters. The van der Waals surface area contributed by atoms with E-state index in [0.717, 1.165) is 19.1 Å². The van der Waals surface area contributed by atoms with Crippen LogP contribution in [0.1, 0.15) is 40.0 Å². The molecule has 2 fully saturated rings. The molecule has 0 spiro atoms. The molecule has 0 amide bonds. The second-order valence-electron chi connectivity index (χ2n) is 5.65. The summed E-state index contributed by atoms with van der Waals surface area (Å²) in [5, 5.41) is 10.1. The molecule has 1 heterocycles. The van der Waals surface area contributed by atoms with E-state index in [9.17, 15) is 9.90 Å². The summed E-state index contributed by atoms with van der Waals surface area (Å²) in [4.78, 5) is 10.3. The lowest BCUT2D eigenvalue weighted by Crippen LogP contribution is -2.49. The van der Waals surface area contributed by atoms with Gasteiger partial charge in [0, 0.05) is 11.8 Å². The second kappa shape index (κ2) is 3.41. The fraction of sp³-hybridized carbons (Fsp3) is 0.769. The Labute approximate surface area is 96.5 Å². The second-order valence-corrected chi connectivity index (χ2v) is 5.65. The standard InChI is InChI=1S/C13H20O3/c1-11(2)10(15)6-8-12(3)13(11,16-12)7-4-5-9-14/h4,7,9-10,15H,5-6,8H2,1-3H3/b7-4+. The van der Waals surface area contributed by atoms with Crippen LogP contribution < -0.4 is 0 Å². The van der Waals surface area contributed by atoms with Crippen LogP contribution in [-0.2, 0) is 9.53 Å². The van der Waals surface area contributed by atoms with Crippen molar-refractivity contribution in [2.75, 3.05) is 0 Å².